The Bertz CT molecular complexity index is 1380. The Kier molecular flexibility index (Phi) is 7.13. The summed E-state index contributed by atoms with van der Waals surface area (Å²) in [5.74, 6) is -0.656. The second-order valence-electron chi connectivity index (χ2n) is 9.80. The molecule has 1 saturated heterocycles. The Hall–Kier alpha value is -3.83. The van der Waals surface area contributed by atoms with E-state index in [2.05, 4.69) is 24.9 Å². The van der Waals surface area contributed by atoms with Crippen molar-refractivity contribution < 1.29 is 28.2 Å². The zero-order valence-corrected chi connectivity index (χ0v) is 21.9. The first-order valence-corrected chi connectivity index (χ1v) is 12.7. The molecule has 1 fully saturated rings. The number of aromatic nitrogens is 2. The van der Waals surface area contributed by atoms with Gasteiger partial charge in [0, 0.05) is 77.6 Å². The van der Waals surface area contributed by atoms with Gasteiger partial charge in [0.05, 0.1) is 6.10 Å². The molecule has 0 aliphatic carbocycles. The molecule has 5 rings (SSSR count). The third kappa shape index (κ3) is 5.64. The number of nitrogens with zero attached hydrogens (tertiary/aromatic N) is 4. The number of benzene rings is 2. The van der Waals surface area contributed by atoms with Gasteiger partial charge in [0.2, 0.25) is 5.91 Å². The smallest absolute Gasteiger partial charge is 0.420 e. The first-order valence-electron chi connectivity index (χ1n) is 12.3. The van der Waals surface area contributed by atoms with Gasteiger partial charge in [0.25, 0.3) is 5.91 Å². The van der Waals surface area contributed by atoms with Crippen molar-refractivity contribution in [3.63, 3.8) is 0 Å². The maximum Gasteiger partial charge on any atom is 0.487 e. The van der Waals surface area contributed by atoms with Crippen molar-refractivity contribution in [1.82, 2.24) is 14.9 Å². The fourth-order valence-corrected chi connectivity index (χ4v) is 5.11. The highest BCUT2D eigenvalue weighted by Crippen LogP contribution is 2.43. The van der Waals surface area contributed by atoms with Crippen LogP contribution in [0.5, 0.6) is 5.75 Å². The summed E-state index contributed by atoms with van der Waals surface area (Å²) in [7, 11) is 0. The minimum atomic E-state index is -3.84. The van der Waals surface area contributed by atoms with E-state index in [4.69, 9.17) is 11.6 Å². The molecule has 204 valence electrons. The van der Waals surface area contributed by atoms with E-state index < -0.39 is 23.6 Å². The molecule has 2 aromatic carbocycles. The topological polar surface area (TPSA) is 108 Å². The number of anilines is 2. The summed E-state index contributed by atoms with van der Waals surface area (Å²) in [5, 5.41) is 12.5. The number of carbonyl (C=O) groups excluding carboxylic acids is 2. The van der Waals surface area contributed by atoms with E-state index in [1.54, 1.807) is 29.4 Å². The maximum atomic E-state index is 13.4. The summed E-state index contributed by atoms with van der Waals surface area (Å²) in [6, 6.07) is 8.36. The van der Waals surface area contributed by atoms with Crippen molar-refractivity contribution in [2.24, 2.45) is 0 Å². The van der Waals surface area contributed by atoms with Crippen LogP contribution >= 0.6 is 11.6 Å². The van der Waals surface area contributed by atoms with Crippen LogP contribution in [-0.4, -0.2) is 68.6 Å². The lowest BCUT2D eigenvalue weighted by molar-refractivity contribution is -0.142. The number of halogens is 3. The largest absolute Gasteiger partial charge is 0.487 e. The van der Waals surface area contributed by atoms with Crippen molar-refractivity contribution in [3.8, 4) is 16.9 Å². The van der Waals surface area contributed by atoms with Crippen LogP contribution in [0, 0.1) is 0 Å². The van der Waals surface area contributed by atoms with E-state index in [0.29, 0.717) is 41.9 Å². The molecule has 3 aromatic rings. The SMILES string of the molecule is CC(C)N1c2c(cc(C(=O)Nc3ccc(OC(F)(F)Cl)cc3)cc2-c2cncnc2)CC1C(=O)N1CC(O)C1. The Morgan fingerprint density at radius 1 is 1.15 bits per heavy atom. The number of β-amino-alcohol motifs (C(OH)–C–C–N with tert-alkyl or cyclic N) is 1. The fourth-order valence-electron chi connectivity index (χ4n) is 5.02. The van der Waals surface area contributed by atoms with Gasteiger partial charge >= 0.3 is 5.57 Å². The number of hydrogen-bond acceptors (Lipinski definition) is 7. The molecule has 0 saturated carbocycles. The first kappa shape index (κ1) is 26.8. The Morgan fingerprint density at radius 2 is 1.82 bits per heavy atom. The quantitative estimate of drug-likeness (QED) is 0.424. The van der Waals surface area contributed by atoms with Gasteiger partial charge in [-0.2, -0.15) is 0 Å². The molecular formula is C27H26ClF2N5O4. The lowest BCUT2D eigenvalue weighted by Crippen LogP contribution is -2.59. The summed E-state index contributed by atoms with van der Waals surface area (Å²) in [6.07, 6.45) is 4.59. The Morgan fingerprint density at radius 3 is 2.41 bits per heavy atom. The van der Waals surface area contributed by atoms with Crippen molar-refractivity contribution in [2.45, 2.75) is 44.0 Å². The van der Waals surface area contributed by atoms with Crippen molar-refractivity contribution in [1.29, 1.82) is 0 Å². The molecule has 3 heterocycles. The Labute approximate surface area is 228 Å². The normalized spacial score (nSPS) is 17.2. The van der Waals surface area contributed by atoms with Gasteiger partial charge in [-0.05, 0) is 55.8 Å². The molecule has 39 heavy (non-hydrogen) atoms. The predicted octanol–water partition coefficient (Wildman–Crippen LogP) is 3.91. The van der Waals surface area contributed by atoms with Crippen molar-refractivity contribution in [3.05, 3.63) is 66.2 Å². The molecule has 2 aliphatic heterocycles. The minimum absolute atomic E-state index is 0.0319. The number of aliphatic hydroxyl groups is 1. The number of fused-ring (bicyclic) bond motifs is 1. The lowest BCUT2D eigenvalue weighted by atomic mass is 9.97. The van der Waals surface area contributed by atoms with Crippen molar-refractivity contribution in [2.75, 3.05) is 23.3 Å². The zero-order chi connectivity index (χ0) is 27.9. The number of nitrogens with one attached hydrogen (secondary N) is 1. The summed E-state index contributed by atoms with van der Waals surface area (Å²) < 4.78 is 30.1. The molecule has 2 amide bonds. The molecule has 0 spiro atoms. The van der Waals surface area contributed by atoms with Crippen LogP contribution in [0.4, 0.5) is 20.2 Å². The van der Waals surface area contributed by atoms with E-state index >= 15 is 0 Å². The summed E-state index contributed by atoms with van der Waals surface area (Å²) >= 11 is 4.81. The summed E-state index contributed by atoms with van der Waals surface area (Å²) in [5.41, 5.74) is -0.0865. The molecule has 2 N–H and O–H groups in total. The predicted molar refractivity (Wildman–Crippen MR) is 141 cm³/mol. The molecule has 9 nitrogen and oxygen atoms in total. The number of hydrogen-bond donors (Lipinski definition) is 2. The number of alkyl halides is 3. The highest BCUT2D eigenvalue weighted by Gasteiger charge is 2.42. The summed E-state index contributed by atoms with van der Waals surface area (Å²) in [4.78, 5) is 38.7. The number of rotatable bonds is 7. The van der Waals surface area contributed by atoms with E-state index in [9.17, 15) is 23.5 Å². The molecular weight excluding hydrogens is 532 g/mol. The second-order valence-corrected chi connectivity index (χ2v) is 10.2. The van der Waals surface area contributed by atoms with Crippen LogP contribution < -0.4 is 15.0 Å². The highest BCUT2D eigenvalue weighted by molar-refractivity contribution is 6.20. The number of aliphatic hydroxyl groups excluding tert-OH is 1. The molecule has 2 aliphatic rings. The van der Waals surface area contributed by atoms with E-state index in [0.717, 1.165) is 11.3 Å². The molecule has 0 bridgehead atoms. The second kappa shape index (κ2) is 10.4. The third-order valence-electron chi connectivity index (χ3n) is 6.69. The number of amides is 2. The van der Waals surface area contributed by atoms with Crippen LogP contribution in [0.2, 0.25) is 0 Å². The third-order valence-corrected chi connectivity index (χ3v) is 6.77. The van der Waals surface area contributed by atoms with Gasteiger partial charge in [-0.15, -0.1) is 8.78 Å². The average molecular weight is 558 g/mol. The van der Waals surface area contributed by atoms with Crippen LogP contribution in [0.3, 0.4) is 0 Å². The maximum absolute atomic E-state index is 13.4. The van der Waals surface area contributed by atoms with Gasteiger partial charge in [0.15, 0.2) is 0 Å². The molecule has 0 radical (unpaired) electrons. The highest BCUT2D eigenvalue weighted by atomic mass is 35.5. The van der Waals surface area contributed by atoms with E-state index in [1.165, 1.54) is 30.6 Å². The fraction of sp³-hybridized carbons (Fsp3) is 0.333. The van der Waals surface area contributed by atoms with Crippen LogP contribution in [0.15, 0.2) is 55.1 Å². The van der Waals surface area contributed by atoms with E-state index in [1.807, 2.05) is 13.8 Å². The lowest BCUT2D eigenvalue weighted by Gasteiger charge is -2.41. The monoisotopic (exact) mass is 557 g/mol. The molecule has 1 aromatic heterocycles. The number of carbonyl (C=O) groups is 2. The average Bonchev–Trinajstić information content (AvgIpc) is 3.27. The van der Waals surface area contributed by atoms with Crippen LogP contribution in [0.25, 0.3) is 11.1 Å². The van der Waals surface area contributed by atoms with Gasteiger partial charge in [-0.25, -0.2) is 9.97 Å². The molecule has 12 heteroatoms. The van der Waals surface area contributed by atoms with Gasteiger partial charge in [-0.1, -0.05) is 0 Å². The minimum Gasteiger partial charge on any atom is -0.420 e. The standard InChI is InChI=1S/C27H26ClF2N5O4/c1-15(2)35-23(26(38)34-12-20(36)13-34)9-16-7-17(8-22(24(16)35)18-10-31-14-32-11-18)25(37)33-19-3-5-21(6-4-19)39-27(28,29)30/h3-8,10-11,14-15,20,23,36H,9,12-13H2,1-2H3,(H,33,37). The number of ether oxygens (including phenoxy) is 1. The van der Waals surface area contributed by atoms with Gasteiger partial charge < -0.3 is 25.0 Å². The first-order chi connectivity index (χ1) is 18.5. The number of likely N-dealkylation sites (tertiary alicyclic amines) is 1. The van der Waals surface area contributed by atoms with E-state index in [-0.39, 0.29) is 17.7 Å². The van der Waals surface area contributed by atoms with Crippen molar-refractivity contribution >= 4 is 34.8 Å². The molecule has 1 atom stereocenters. The van der Waals surface area contributed by atoms with Gasteiger partial charge in [0.1, 0.15) is 18.1 Å². The van der Waals surface area contributed by atoms with Crippen LogP contribution in [-0.2, 0) is 11.2 Å². The zero-order valence-electron chi connectivity index (χ0n) is 21.1. The molecule has 1 unspecified atom stereocenters. The Balaban J connectivity index is 1.48. The van der Waals surface area contributed by atoms with Crippen LogP contribution in [0.1, 0.15) is 29.8 Å². The van der Waals surface area contributed by atoms with Gasteiger partial charge in [-0.3, -0.25) is 9.59 Å². The summed E-state index contributed by atoms with van der Waals surface area (Å²) in [6.45, 7) is 4.60.